The van der Waals surface area contributed by atoms with Crippen molar-refractivity contribution in [3.05, 3.63) is 47.5 Å². The summed E-state index contributed by atoms with van der Waals surface area (Å²) in [6.45, 7) is 8.09. The van der Waals surface area contributed by atoms with Gasteiger partial charge in [0.2, 0.25) is 0 Å². The molecule has 0 N–H and O–H groups in total. The highest BCUT2D eigenvalue weighted by molar-refractivity contribution is 5.30. The Morgan fingerprint density at radius 2 is 2.00 bits per heavy atom. The second-order valence-electron chi connectivity index (χ2n) is 3.96. The van der Waals surface area contributed by atoms with E-state index in [9.17, 15) is 0 Å². The largest absolute Gasteiger partial charge is 0.103 e. The van der Waals surface area contributed by atoms with Crippen molar-refractivity contribution in [1.29, 1.82) is 0 Å². The van der Waals surface area contributed by atoms with Crippen molar-refractivity contribution in [3.63, 3.8) is 0 Å². The third-order valence-corrected chi connectivity index (χ3v) is 2.61. The summed E-state index contributed by atoms with van der Waals surface area (Å²) in [7, 11) is 0. The molecule has 0 aromatic heterocycles. The molecule has 0 nitrogen and oxygen atoms in total. The molecule has 0 spiro atoms. The minimum atomic E-state index is 1.14. The van der Waals surface area contributed by atoms with E-state index in [4.69, 9.17) is 0 Å². The van der Waals surface area contributed by atoms with Crippen LogP contribution in [0.1, 0.15) is 36.0 Å². The highest BCUT2D eigenvalue weighted by atomic mass is 14.0. The summed E-state index contributed by atoms with van der Waals surface area (Å²) in [5.41, 5.74) is 4.30. The molecule has 0 radical (unpaired) electrons. The monoisotopic (exact) mass is 188 g/mol. The lowest BCUT2D eigenvalue weighted by molar-refractivity contribution is 0.745. The molecule has 0 saturated heterocycles. The zero-order valence-corrected chi connectivity index (χ0v) is 9.34. The number of allylic oxidation sites excluding steroid dienone is 1. The second-order valence-corrected chi connectivity index (χ2v) is 3.96. The fourth-order valence-electron chi connectivity index (χ4n) is 1.67. The van der Waals surface area contributed by atoms with Crippen LogP contribution < -0.4 is 0 Å². The minimum Gasteiger partial charge on any atom is -0.103 e. The predicted molar refractivity (Wildman–Crippen MR) is 63.7 cm³/mol. The summed E-state index contributed by atoms with van der Waals surface area (Å²) in [4.78, 5) is 0. The lowest BCUT2D eigenvalue weighted by Gasteiger charge is -2.06. The fraction of sp³-hybridized carbons (Fsp3) is 0.429. The zero-order chi connectivity index (χ0) is 10.4. The molecular weight excluding hydrogens is 168 g/mol. The van der Waals surface area contributed by atoms with Gasteiger partial charge in [0.05, 0.1) is 0 Å². The quantitative estimate of drug-likeness (QED) is 0.480. The highest BCUT2D eigenvalue weighted by Gasteiger charge is 1.97. The first-order valence-corrected chi connectivity index (χ1v) is 5.41. The van der Waals surface area contributed by atoms with E-state index in [2.05, 4.69) is 38.6 Å². The lowest BCUT2D eigenvalue weighted by Crippen LogP contribution is -1.90. The van der Waals surface area contributed by atoms with Gasteiger partial charge in [-0.25, -0.2) is 0 Å². The van der Waals surface area contributed by atoms with Crippen molar-refractivity contribution < 1.29 is 0 Å². The second kappa shape index (κ2) is 5.64. The van der Waals surface area contributed by atoms with Gasteiger partial charge in [0, 0.05) is 0 Å². The van der Waals surface area contributed by atoms with Crippen LogP contribution >= 0.6 is 0 Å². The van der Waals surface area contributed by atoms with E-state index in [0.717, 1.165) is 6.42 Å². The summed E-state index contributed by atoms with van der Waals surface area (Å²) in [5.74, 6) is 0. The Balaban J connectivity index is 2.49. The van der Waals surface area contributed by atoms with Crippen LogP contribution in [-0.4, -0.2) is 0 Å². The van der Waals surface area contributed by atoms with E-state index in [1.54, 1.807) is 0 Å². The molecule has 0 saturated carbocycles. The maximum Gasteiger partial charge on any atom is -0.0276 e. The predicted octanol–water partition coefficient (Wildman–Crippen LogP) is 4.20. The summed E-state index contributed by atoms with van der Waals surface area (Å²) in [6.07, 6.45) is 6.89. The van der Waals surface area contributed by atoms with Crippen LogP contribution in [0.5, 0.6) is 0 Å². The molecule has 76 valence electrons. The van der Waals surface area contributed by atoms with E-state index >= 15 is 0 Å². The van der Waals surface area contributed by atoms with Crippen LogP contribution in [0.4, 0.5) is 0 Å². The fourth-order valence-corrected chi connectivity index (χ4v) is 1.67. The number of rotatable bonds is 5. The highest BCUT2D eigenvalue weighted by Crippen LogP contribution is 2.14. The van der Waals surface area contributed by atoms with Gasteiger partial charge in [-0.15, -0.1) is 6.58 Å². The molecule has 1 aromatic rings. The first-order chi connectivity index (χ1) is 6.74. The molecule has 0 atom stereocenters. The van der Waals surface area contributed by atoms with Gasteiger partial charge in [0.25, 0.3) is 0 Å². The van der Waals surface area contributed by atoms with Crippen LogP contribution in [0.15, 0.2) is 30.9 Å². The molecule has 14 heavy (non-hydrogen) atoms. The van der Waals surface area contributed by atoms with E-state index in [0.29, 0.717) is 0 Å². The smallest absolute Gasteiger partial charge is 0.0276 e. The van der Waals surface area contributed by atoms with Crippen LogP contribution in [0.2, 0.25) is 0 Å². The van der Waals surface area contributed by atoms with Gasteiger partial charge in [-0.2, -0.15) is 0 Å². The Kier molecular flexibility index (Phi) is 4.45. The molecule has 1 aromatic carbocycles. The van der Waals surface area contributed by atoms with Crippen LogP contribution in [0.3, 0.4) is 0 Å². The molecule has 0 heterocycles. The zero-order valence-electron chi connectivity index (χ0n) is 9.34. The molecule has 0 bridgehead atoms. The van der Waals surface area contributed by atoms with Crippen molar-refractivity contribution in [2.45, 2.75) is 39.5 Å². The summed E-state index contributed by atoms with van der Waals surface area (Å²) < 4.78 is 0. The number of hydrogen-bond donors (Lipinski definition) is 0. The van der Waals surface area contributed by atoms with Gasteiger partial charge in [-0.05, 0) is 50.7 Å². The first-order valence-electron chi connectivity index (χ1n) is 5.41. The van der Waals surface area contributed by atoms with Crippen LogP contribution in [0, 0.1) is 13.8 Å². The number of hydrogen-bond acceptors (Lipinski definition) is 0. The van der Waals surface area contributed by atoms with Crippen molar-refractivity contribution >= 4 is 0 Å². The summed E-state index contributed by atoms with van der Waals surface area (Å²) >= 11 is 0. The maximum atomic E-state index is 3.74. The van der Waals surface area contributed by atoms with Gasteiger partial charge >= 0.3 is 0 Å². The van der Waals surface area contributed by atoms with Crippen molar-refractivity contribution in [3.8, 4) is 0 Å². The van der Waals surface area contributed by atoms with Crippen LogP contribution in [0.25, 0.3) is 0 Å². The van der Waals surface area contributed by atoms with Gasteiger partial charge in [-0.1, -0.05) is 29.8 Å². The number of unbranched alkanes of at least 4 members (excludes halogenated alkanes) is 2. The van der Waals surface area contributed by atoms with Gasteiger partial charge in [-0.3, -0.25) is 0 Å². The molecule has 0 aliphatic heterocycles. The van der Waals surface area contributed by atoms with Crippen molar-refractivity contribution in [1.82, 2.24) is 0 Å². The molecule has 0 aliphatic rings. The molecule has 0 aliphatic carbocycles. The normalized spacial score (nSPS) is 10.1. The van der Waals surface area contributed by atoms with Crippen LogP contribution in [-0.2, 0) is 6.42 Å². The molecule has 0 amide bonds. The first kappa shape index (κ1) is 11.0. The Hall–Kier alpha value is -1.04. The molecular formula is C14H20. The third-order valence-electron chi connectivity index (χ3n) is 2.61. The molecule has 1 rings (SSSR count). The number of aryl methyl sites for hydroxylation is 3. The van der Waals surface area contributed by atoms with E-state index in [1.165, 1.54) is 36.0 Å². The van der Waals surface area contributed by atoms with Gasteiger partial charge in [0.15, 0.2) is 0 Å². The summed E-state index contributed by atoms with van der Waals surface area (Å²) in [6, 6.07) is 6.71. The summed E-state index contributed by atoms with van der Waals surface area (Å²) in [5, 5.41) is 0. The Morgan fingerprint density at radius 3 is 2.71 bits per heavy atom. The Morgan fingerprint density at radius 1 is 1.21 bits per heavy atom. The van der Waals surface area contributed by atoms with Gasteiger partial charge in [0.1, 0.15) is 0 Å². The van der Waals surface area contributed by atoms with Crippen molar-refractivity contribution in [2.75, 3.05) is 0 Å². The Labute approximate surface area is 87.7 Å². The maximum absolute atomic E-state index is 3.74. The SMILES string of the molecule is C=CCCCCc1cc(C)ccc1C. The Bertz CT molecular complexity index is 297. The molecule has 0 heteroatoms. The molecule has 0 unspecified atom stereocenters. The lowest BCUT2D eigenvalue weighted by atomic mass is 10.00. The topological polar surface area (TPSA) is 0 Å². The van der Waals surface area contributed by atoms with Crippen molar-refractivity contribution in [2.24, 2.45) is 0 Å². The average molecular weight is 188 g/mol. The molecule has 0 fully saturated rings. The van der Waals surface area contributed by atoms with Gasteiger partial charge < -0.3 is 0 Å². The average Bonchev–Trinajstić information content (AvgIpc) is 2.18. The standard InChI is InChI=1S/C14H20/c1-4-5-6-7-8-14-11-12(2)9-10-13(14)3/h4,9-11H,1,5-8H2,2-3H3. The third kappa shape index (κ3) is 3.37. The van der Waals surface area contributed by atoms with E-state index < -0.39 is 0 Å². The van der Waals surface area contributed by atoms with E-state index in [1.807, 2.05) is 6.08 Å². The number of benzene rings is 1. The van der Waals surface area contributed by atoms with E-state index in [-0.39, 0.29) is 0 Å². The minimum absolute atomic E-state index is 1.14.